The molecule has 1 rings (SSSR count). The lowest BCUT2D eigenvalue weighted by molar-refractivity contribution is 0.268. The van der Waals surface area contributed by atoms with Crippen LogP contribution in [0.3, 0.4) is 0 Å². The molecule has 0 radical (unpaired) electrons. The van der Waals surface area contributed by atoms with Gasteiger partial charge < -0.3 is 14.6 Å². The maximum absolute atomic E-state index is 12.5. The van der Waals surface area contributed by atoms with Crippen molar-refractivity contribution in [1.29, 1.82) is 0 Å². The minimum absolute atomic E-state index is 0.107. The van der Waals surface area contributed by atoms with Gasteiger partial charge in [-0.15, -0.1) is 0 Å². The summed E-state index contributed by atoms with van der Waals surface area (Å²) in [5.74, 6) is 0. The fourth-order valence-corrected chi connectivity index (χ4v) is 3.42. The van der Waals surface area contributed by atoms with E-state index in [0.29, 0.717) is 12.2 Å². The highest BCUT2D eigenvalue weighted by molar-refractivity contribution is 7.89. The van der Waals surface area contributed by atoms with Crippen LogP contribution in [0.25, 0.3) is 0 Å². The highest BCUT2D eigenvalue weighted by Crippen LogP contribution is 2.21. The zero-order valence-electron chi connectivity index (χ0n) is 13.6. The number of rotatable bonds is 8. The lowest BCUT2D eigenvalue weighted by Crippen LogP contribution is -2.29. The van der Waals surface area contributed by atoms with Crippen LogP contribution in [0.5, 0.6) is 0 Å². The average Bonchev–Trinajstić information content (AvgIpc) is 2.82. The molecule has 0 aromatic carbocycles. The van der Waals surface area contributed by atoms with Gasteiger partial charge in [-0.25, -0.2) is 12.7 Å². The maximum Gasteiger partial charge on any atom is 0.244 e. The minimum atomic E-state index is -3.50. The van der Waals surface area contributed by atoms with Gasteiger partial charge in [0.15, 0.2) is 0 Å². The van der Waals surface area contributed by atoms with E-state index in [0.717, 1.165) is 13.0 Å². The smallest absolute Gasteiger partial charge is 0.244 e. The molecule has 0 saturated carbocycles. The van der Waals surface area contributed by atoms with Crippen LogP contribution in [-0.2, 0) is 16.6 Å². The molecule has 1 heterocycles. The zero-order chi connectivity index (χ0) is 16.2. The van der Waals surface area contributed by atoms with E-state index in [1.165, 1.54) is 4.31 Å². The van der Waals surface area contributed by atoms with Gasteiger partial charge in [0.05, 0.1) is 6.61 Å². The van der Waals surface area contributed by atoms with Crippen LogP contribution in [0.1, 0.15) is 32.0 Å². The Morgan fingerprint density at radius 1 is 1.24 bits per heavy atom. The van der Waals surface area contributed by atoms with Crippen molar-refractivity contribution in [1.82, 2.24) is 13.8 Å². The molecular formula is C14H27N3O3S. The van der Waals surface area contributed by atoms with Crippen molar-refractivity contribution in [2.45, 2.75) is 37.8 Å². The first kappa shape index (κ1) is 18.2. The molecule has 0 aliphatic heterocycles. The summed E-state index contributed by atoms with van der Waals surface area (Å²) in [6.07, 6.45) is 2.38. The molecule has 1 N–H and O–H groups in total. The Hall–Kier alpha value is -0.890. The predicted octanol–water partition coefficient (Wildman–Crippen LogP) is 1.13. The standard InChI is InChI=1S/C14H27N3O3S/c1-12(2)17-10-14(9-13(17)11-18)21(19,20)16(5)8-6-7-15(3)4/h9-10,12,18H,6-8,11H2,1-5H3. The van der Waals surface area contributed by atoms with Gasteiger partial charge in [-0.1, -0.05) is 0 Å². The van der Waals surface area contributed by atoms with Crippen LogP contribution < -0.4 is 0 Å². The quantitative estimate of drug-likeness (QED) is 0.781. The molecule has 122 valence electrons. The molecule has 0 aliphatic carbocycles. The normalized spacial score (nSPS) is 12.8. The fraction of sp³-hybridized carbons (Fsp3) is 0.714. The molecule has 0 fully saturated rings. The molecule has 0 aliphatic rings. The lowest BCUT2D eigenvalue weighted by Gasteiger charge is -2.17. The van der Waals surface area contributed by atoms with Gasteiger partial charge in [-0.2, -0.15) is 0 Å². The highest BCUT2D eigenvalue weighted by Gasteiger charge is 2.23. The van der Waals surface area contributed by atoms with Gasteiger partial charge in [-0.05, 0) is 47.0 Å². The molecule has 7 heteroatoms. The summed E-state index contributed by atoms with van der Waals surface area (Å²) in [6.45, 7) is 5.06. The molecule has 6 nitrogen and oxygen atoms in total. The summed E-state index contributed by atoms with van der Waals surface area (Å²) in [5.41, 5.74) is 0.616. The van der Waals surface area contributed by atoms with E-state index in [1.54, 1.807) is 23.9 Å². The van der Waals surface area contributed by atoms with E-state index < -0.39 is 10.0 Å². The number of hydrogen-bond donors (Lipinski definition) is 1. The van der Waals surface area contributed by atoms with E-state index >= 15 is 0 Å². The first-order valence-electron chi connectivity index (χ1n) is 7.12. The average molecular weight is 317 g/mol. The lowest BCUT2D eigenvalue weighted by atomic mass is 10.3. The van der Waals surface area contributed by atoms with E-state index in [-0.39, 0.29) is 17.5 Å². The number of aliphatic hydroxyl groups excluding tert-OH is 1. The largest absolute Gasteiger partial charge is 0.390 e. The van der Waals surface area contributed by atoms with Crippen molar-refractivity contribution in [2.24, 2.45) is 0 Å². The van der Waals surface area contributed by atoms with Crippen molar-refractivity contribution in [2.75, 3.05) is 34.2 Å². The minimum Gasteiger partial charge on any atom is -0.390 e. The molecule has 0 saturated heterocycles. The second kappa shape index (κ2) is 7.40. The molecule has 21 heavy (non-hydrogen) atoms. The molecule has 0 amide bonds. The molecule has 0 spiro atoms. The first-order chi connectivity index (χ1) is 9.70. The summed E-state index contributed by atoms with van der Waals surface area (Å²) >= 11 is 0. The zero-order valence-corrected chi connectivity index (χ0v) is 14.4. The fourth-order valence-electron chi connectivity index (χ4n) is 2.15. The number of aliphatic hydroxyl groups is 1. The molecular weight excluding hydrogens is 290 g/mol. The SMILES string of the molecule is CC(C)n1cc(S(=O)(=O)N(C)CCCN(C)C)cc1CO. The summed E-state index contributed by atoms with van der Waals surface area (Å²) in [4.78, 5) is 2.27. The van der Waals surface area contributed by atoms with E-state index in [2.05, 4.69) is 0 Å². The Bertz CT molecular complexity index is 550. The molecule has 0 unspecified atom stereocenters. The third-order valence-electron chi connectivity index (χ3n) is 3.41. The van der Waals surface area contributed by atoms with Crippen LogP contribution >= 0.6 is 0 Å². The van der Waals surface area contributed by atoms with Crippen molar-refractivity contribution in [3.8, 4) is 0 Å². The number of hydrogen-bond acceptors (Lipinski definition) is 4. The predicted molar refractivity (Wildman–Crippen MR) is 83.7 cm³/mol. The van der Waals surface area contributed by atoms with Crippen LogP contribution in [-0.4, -0.2) is 61.5 Å². The Balaban J connectivity index is 2.92. The van der Waals surface area contributed by atoms with Crippen LogP contribution in [0.2, 0.25) is 0 Å². The summed E-state index contributed by atoms with van der Waals surface area (Å²) < 4.78 is 28.2. The van der Waals surface area contributed by atoms with Gasteiger partial charge in [0.2, 0.25) is 10.0 Å². The van der Waals surface area contributed by atoms with E-state index in [4.69, 9.17) is 0 Å². The van der Waals surface area contributed by atoms with Crippen molar-refractivity contribution in [3.05, 3.63) is 18.0 Å². The van der Waals surface area contributed by atoms with E-state index in [9.17, 15) is 13.5 Å². The Kier molecular flexibility index (Phi) is 6.40. The van der Waals surface area contributed by atoms with Gasteiger partial charge in [-0.3, -0.25) is 0 Å². The summed E-state index contributed by atoms with van der Waals surface area (Å²) in [7, 11) is 2.02. The maximum atomic E-state index is 12.5. The van der Waals surface area contributed by atoms with Gasteiger partial charge >= 0.3 is 0 Å². The summed E-state index contributed by atoms with van der Waals surface area (Å²) in [5, 5.41) is 9.35. The van der Waals surface area contributed by atoms with Gasteiger partial charge in [0, 0.05) is 31.5 Å². The molecule has 1 aromatic heterocycles. The Morgan fingerprint density at radius 3 is 2.29 bits per heavy atom. The Morgan fingerprint density at radius 2 is 1.86 bits per heavy atom. The highest BCUT2D eigenvalue weighted by atomic mass is 32.2. The molecule has 0 bridgehead atoms. The second-order valence-corrected chi connectivity index (χ2v) is 7.85. The summed E-state index contributed by atoms with van der Waals surface area (Å²) in [6, 6.07) is 1.66. The third-order valence-corrected chi connectivity index (χ3v) is 5.23. The number of nitrogens with zero attached hydrogens (tertiary/aromatic N) is 3. The monoisotopic (exact) mass is 317 g/mol. The van der Waals surface area contributed by atoms with Crippen LogP contribution in [0.15, 0.2) is 17.2 Å². The molecule has 0 atom stereocenters. The second-order valence-electron chi connectivity index (χ2n) is 5.81. The molecule has 1 aromatic rings. The van der Waals surface area contributed by atoms with Crippen molar-refractivity contribution >= 4 is 10.0 Å². The van der Waals surface area contributed by atoms with Gasteiger partial charge in [0.25, 0.3) is 0 Å². The Labute approximate surface area is 128 Å². The number of sulfonamides is 1. The topological polar surface area (TPSA) is 65.8 Å². The van der Waals surface area contributed by atoms with Crippen molar-refractivity contribution < 1.29 is 13.5 Å². The van der Waals surface area contributed by atoms with E-state index in [1.807, 2.05) is 32.8 Å². The third kappa shape index (κ3) is 4.54. The van der Waals surface area contributed by atoms with Crippen LogP contribution in [0.4, 0.5) is 0 Å². The number of aromatic nitrogens is 1. The first-order valence-corrected chi connectivity index (χ1v) is 8.56. The van der Waals surface area contributed by atoms with Crippen LogP contribution in [0, 0.1) is 0 Å². The van der Waals surface area contributed by atoms with Gasteiger partial charge in [0.1, 0.15) is 4.90 Å². The van der Waals surface area contributed by atoms with Crippen molar-refractivity contribution in [3.63, 3.8) is 0 Å².